The van der Waals surface area contributed by atoms with Gasteiger partial charge in [-0.3, -0.25) is 33.6 Å². The van der Waals surface area contributed by atoms with E-state index in [9.17, 15) is 48.6 Å². The third kappa shape index (κ3) is 14.7. The third-order valence-corrected chi connectivity index (χ3v) is 10.9. The van der Waals surface area contributed by atoms with Gasteiger partial charge >= 0.3 is 5.97 Å². The molecule has 7 amide bonds. The second-order valence-electron chi connectivity index (χ2n) is 15.6. The third-order valence-electron chi connectivity index (χ3n) is 10.9. The number of carbonyl (C=O) groups excluding carboxylic acids is 7. The minimum atomic E-state index is -1.70. The lowest BCUT2D eigenvalue weighted by molar-refractivity contribution is -0.142. The second-order valence-corrected chi connectivity index (χ2v) is 15.6. The van der Waals surface area contributed by atoms with Crippen LogP contribution in [0.1, 0.15) is 62.8 Å². The molecule has 0 spiro atoms. The van der Waals surface area contributed by atoms with Gasteiger partial charge < -0.3 is 58.1 Å². The van der Waals surface area contributed by atoms with Crippen LogP contribution in [0.15, 0.2) is 73.2 Å². The number of aliphatic carboxylic acids is 1. The number of hydrogen-bond acceptors (Lipinski definition) is 11. The van der Waals surface area contributed by atoms with E-state index in [2.05, 4.69) is 36.6 Å². The van der Waals surface area contributed by atoms with Crippen molar-refractivity contribution in [3.63, 3.8) is 0 Å². The van der Waals surface area contributed by atoms with E-state index in [1.54, 1.807) is 60.7 Å². The lowest BCUT2D eigenvalue weighted by Crippen LogP contribution is -2.61. The molecule has 1 aliphatic rings. The van der Waals surface area contributed by atoms with Crippen molar-refractivity contribution in [2.45, 2.75) is 108 Å². The largest absolute Gasteiger partial charge is 0.480 e. The van der Waals surface area contributed by atoms with Gasteiger partial charge in [0.05, 0.1) is 19.0 Å². The van der Waals surface area contributed by atoms with E-state index < -0.39 is 96.7 Å². The van der Waals surface area contributed by atoms with E-state index in [0.29, 0.717) is 42.6 Å². The Hall–Kier alpha value is -6.67. The summed E-state index contributed by atoms with van der Waals surface area (Å²) in [4.78, 5) is 115. The van der Waals surface area contributed by atoms with Crippen LogP contribution >= 0.6 is 0 Å². The van der Waals surface area contributed by atoms with Crippen molar-refractivity contribution >= 4 is 47.3 Å². The van der Waals surface area contributed by atoms with Crippen molar-refractivity contribution in [3.05, 3.63) is 90.0 Å². The quantitative estimate of drug-likeness (QED) is 0.0496. The average Bonchev–Trinajstić information content (AvgIpc) is 3.99. The maximum absolute atomic E-state index is 14.0. The summed E-state index contributed by atoms with van der Waals surface area (Å²) in [7, 11) is 0. The number of H-pyrrole nitrogens is 1. The highest BCUT2D eigenvalue weighted by Gasteiger charge is 2.39. The fraction of sp³-hybridized carbons (Fsp3) is 0.465. The van der Waals surface area contributed by atoms with E-state index in [-0.39, 0.29) is 37.5 Å². The number of primary amides is 1. The summed E-state index contributed by atoms with van der Waals surface area (Å²) >= 11 is 0. The number of benzene rings is 2. The van der Waals surface area contributed by atoms with Crippen LogP contribution in [0, 0.1) is 5.92 Å². The van der Waals surface area contributed by atoms with Crippen LogP contribution in [0.3, 0.4) is 0 Å². The Morgan fingerprint density at radius 1 is 0.778 bits per heavy atom. The van der Waals surface area contributed by atoms with Crippen molar-refractivity contribution in [3.8, 4) is 0 Å². The Balaban J connectivity index is 1.51. The van der Waals surface area contributed by atoms with Crippen molar-refractivity contribution in [1.82, 2.24) is 41.5 Å². The topological polar surface area (TPSA) is 321 Å². The second kappa shape index (κ2) is 24.1. The van der Waals surface area contributed by atoms with E-state index in [4.69, 9.17) is 11.5 Å². The molecule has 63 heavy (non-hydrogen) atoms. The molecule has 340 valence electrons. The number of aliphatic hydroxyl groups excluding tert-OH is 1. The first-order valence-electron chi connectivity index (χ1n) is 20.9. The molecule has 0 radical (unpaired) electrons. The Morgan fingerprint density at radius 2 is 1.30 bits per heavy atom. The number of carboxylic acids is 1. The molecule has 20 heteroatoms. The van der Waals surface area contributed by atoms with Gasteiger partial charge in [0.2, 0.25) is 41.4 Å². The molecule has 0 saturated carbocycles. The number of nitrogens with two attached hydrogens (primary N) is 2. The smallest absolute Gasteiger partial charge is 0.326 e. The lowest BCUT2D eigenvalue weighted by atomic mass is 9.98. The number of carbonyl (C=O) groups is 8. The van der Waals surface area contributed by atoms with E-state index in [1.807, 2.05) is 13.8 Å². The van der Waals surface area contributed by atoms with Gasteiger partial charge in [-0.05, 0) is 36.3 Å². The highest BCUT2D eigenvalue weighted by Crippen LogP contribution is 2.21. The molecular formula is C43H58N10O10. The maximum atomic E-state index is 14.0. The van der Waals surface area contributed by atoms with Gasteiger partial charge in [0.15, 0.2) is 0 Å². The molecule has 0 aliphatic carbocycles. The lowest BCUT2D eigenvalue weighted by Gasteiger charge is -2.30. The Kier molecular flexibility index (Phi) is 18.7. The van der Waals surface area contributed by atoms with Crippen LogP contribution in [0.25, 0.3) is 0 Å². The van der Waals surface area contributed by atoms with E-state index in [1.165, 1.54) is 17.4 Å². The number of nitrogens with one attached hydrogen (secondary N) is 6. The van der Waals surface area contributed by atoms with Crippen LogP contribution in [0.5, 0.6) is 0 Å². The van der Waals surface area contributed by atoms with E-state index >= 15 is 0 Å². The molecule has 2 aromatic carbocycles. The number of nitrogens with zero attached hydrogens (tertiary/aromatic N) is 2. The standard InChI is InChI=1S/C43H58N10O10/c1-3-25(2)36(45)42(61)53-18-10-15-34(53)41(60)50-31(21-28-22-46-24-47-28)39(58)48-29(16-17-35(44)55)37(56)52-33(23-54)40(59)49-30(19-26-11-6-4-7-12-26)38(57)51-32(43(62)63)20-27-13-8-5-9-14-27/h4-9,11-14,22,24-25,29-34,36,54H,3,10,15-21,23,45H2,1-2H3,(H2,44,55)(H,46,47)(H,48,58)(H,49,59)(H,50,60)(H,51,57)(H,52,56)(H,62,63)/t25-,29-,30-,31-,32-,33-,34-,36-/m0/s1. The minimum Gasteiger partial charge on any atom is -0.480 e. The van der Waals surface area contributed by atoms with Gasteiger partial charge in [-0.2, -0.15) is 0 Å². The van der Waals surface area contributed by atoms with Gasteiger partial charge in [-0.25, -0.2) is 9.78 Å². The number of aliphatic hydroxyl groups is 1. The molecule has 20 nitrogen and oxygen atoms in total. The molecular weight excluding hydrogens is 817 g/mol. The number of rotatable bonds is 24. The van der Waals surface area contributed by atoms with Crippen molar-refractivity contribution < 1.29 is 48.6 Å². The molecule has 1 aliphatic heterocycles. The summed E-state index contributed by atoms with van der Waals surface area (Å²) in [6.07, 6.45) is 3.26. The predicted molar refractivity (Wildman–Crippen MR) is 228 cm³/mol. The summed E-state index contributed by atoms with van der Waals surface area (Å²) in [5.41, 5.74) is 13.3. The fourth-order valence-electron chi connectivity index (χ4n) is 7.03. The number of aromatic amines is 1. The Bertz CT molecular complexity index is 2020. The average molecular weight is 875 g/mol. The zero-order valence-corrected chi connectivity index (χ0v) is 35.3. The molecule has 0 bridgehead atoms. The zero-order chi connectivity index (χ0) is 46.1. The van der Waals surface area contributed by atoms with Crippen LogP contribution < -0.4 is 38.1 Å². The first-order chi connectivity index (χ1) is 30.1. The SMILES string of the molecule is CC[C@H](C)[C@H](N)C(=O)N1CCC[C@H]1C(=O)N[C@@H](Cc1cnc[nH]1)C(=O)N[C@@H](CCC(N)=O)C(=O)N[C@@H](CO)C(=O)N[C@@H](Cc1ccccc1)C(=O)N[C@@H](Cc1ccccc1)C(=O)O. The zero-order valence-electron chi connectivity index (χ0n) is 35.3. The van der Waals surface area contributed by atoms with Crippen molar-refractivity contribution in [2.75, 3.05) is 13.2 Å². The van der Waals surface area contributed by atoms with Gasteiger partial charge in [0.25, 0.3) is 0 Å². The molecule has 1 fully saturated rings. The first kappa shape index (κ1) is 49.0. The monoisotopic (exact) mass is 874 g/mol. The summed E-state index contributed by atoms with van der Waals surface area (Å²) in [5, 5.41) is 32.8. The molecule has 8 atom stereocenters. The molecule has 1 saturated heterocycles. The van der Waals surface area contributed by atoms with Crippen LogP contribution in [0.2, 0.25) is 0 Å². The maximum Gasteiger partial charge on any atom is 0.326 e. The van der Waals surface area contributed by atoms with Crippen LogP contribution in [-0.4, -0.2) is 128 Å². The van der Waals surface area contributed by atoms with E-state index in [0.717, 1.165) is 0 Å². The van der Waals surface area contributed by atoms with Crippen molar-refractivity contribution in [1.29, 1.82) is 0 Å². The number of hydrogen-bond donors (Lipinski definition) is 10. The fourth-order valence-corrected chi connectivity index (χ4v) is 7.03. The van der Waals surface area contributed by atoms with Crippen LogP contribution in [0.4, 0.5) is 0 Å². The Labute approximate surface area is 364 Å². The van der Waals surface area contributed by atoms with Gasteiger partial charge in [-0.15, -0.1) is 0 Å². The normalized spacial score (nSPS) is 16.8. The summed E-state index contributed by atoms with van der Waals surface area (Å²) in [5.74, 6) is -7.05. The number of aromatic nitrogens is 2. The number of carboxylic acid groups (broad SMARTS) is 1. The first-order valence-corrected chi connectivity index (χ1v) is 20.9. The molecule has 4 rings (SSSR count). The molecule has 1 aromatic heterocycles. The molecule has 3 aromatic rings. The van der Waals surface area contributed by atoms with Crippen LogP contribution in [-0.2, 0) is 57.6 Å². The van der Waals surface area contributed by atoms with Gasteiger partial charge in [0, 0.05) is 44.1 Å². The molecule has 2 heterocycles. The molecule has 0 unspecified atom stereocenters. The number of likely N-dealkylation sites (tertiary alicyclic amines) is 1. The summed E-state index contributed by atoms with van der Waals surface area (Å²) < 4.78 is 0. The molecule has 12 N–H and O–H groups in total. The van der Waals surface area contributed by atoms with Crippen molar-refractivity contribution in [2.24, 2.45) is 17.4 Å². The minimum absolute atomic E-state index is 0.0557. The number of amides is 7. The summed E-state index contributed by atoms with van der Waals surface area (Å²) in [6, 6.07) is 8.07. The van der Waals surface area contributed by atoms with Gasteiger partial charge in [0.1, 0.15) is 36.3 Å². The highest BCUT2D eigenvalue weighted by molar-refractivity contribution is 5.97. The van der Waals surface area contributed by atoms with Gasteiger partial charge in [-0.1, -0.05) is 80.9 Å². The summed E-state index contributed by atoms with van der Waals surface area (Å²) in [6.45, 7) is 3.06. The highest BCUT2D eigenvalue weighted by atomic mass is 16.4. The predicted octanol–water partition coefficient (Wildman–Crippen LogP) is -1.43. The number of imidazole rings is 1. The Morgan fingerprint density at radius 3 is 1.84 bits per heavy atom.